The van der Waals surface area contributed by atoms with Crippen molar-refractivity contribution >= 4 is 28.3 Å². The van der Waals surface area contributed by atoms with Crippen molar-refractivity contribution in [3.05, 3.63) is 46.8 Å². The summed E-state index contributed by atoms with van der Waals surface area (Å²) in [5, 5.41) is 8.41. The van der Waals surface area contributed by atoms with Gasteiger partial charge in [0.05, 0.1) is 36.2 Å². The summed E-state index contributed by atoms with van der Waals surface area (Å²) in [6.45, 7) is 6.60. The second kappa shape index (κ2) is 11.7. The van der Waals surface area contributed by atoms with Crippen LogP contribution in [-0.4, -0.2) is 107 Å². The smallest absolute Gasteiger partial charge is 0.318 e. The molecule has 2 fully saturated rings. The third-order valence-corrected chi connectivity index (χ3v) is 8.85. The number of hydrogen-bond acceptors (Lipinski definition) is 8. The molecule has 1 unspecified atom stereocenters. The van der Waals surface area contributed by atoms with Crippen LogP contribution in [0.2, 0.25) is 0 Å². The number of anilines is 2. The number of rotatable bonds is 7. The van der Waals surface area contributed by atoms with Gasteiger partial charge in [0.15, 0.2) is 0 Å². The van der Waals surface area contributed by atoms with E-state index in [1.54, 1.807) is 16.8 Å². The molecule has 1 N–H and O–H groups in total. The molecule has 2 aromatic heterocycles. The number of likely N-dealkylation sites (N-methyl/N-ethyl adjacent to an activating group) is 1. The number of carbonyl (C=O) groups is 1. The molecule has 230 valence electrons. The van der Waals surface area contributed by atoms with Crippen molar-refractivity contribution in [3.8, 4) is 6.01 Å². The third-order valence-electron chi connectivity index (χ3n) is 8.85. The molecule has 0 aliphatic carbocycles. The monoisotopic (exact) mass is 598 g/mol. The molecule has 3 aliphatic rings. The van der Waals surface area contributed by atoms with Crippen molar-refractivity contribution in [2.45, 2.75) is 45.2 Å². The number of nitrogens with zero attached hydrogens (tertiary/aromatic N) is 7. The lowest BCUT2D eigenvalue weighted by molar-refractivity contribution is -0.126. The van der Waals surface area contributed by atoms with Gasteiger partial charge in [0.2, 0.25) is 5.91 Å². The minimum absolute atomic E-state index is 0.0594. The van der Waals surface area contributed by atoms with Crippen LogP contribution in [0.25, 0.3) is 10.9 Å². The summed E-state index contributed by atoms with van der Waals surface area (Å²) in [5.41, 5.74) is 6.28. The van der Waals surface area contributed by atoms with Gasteiger partial charge in [-0.3, -0.25) is 14.8 Å². The molecule has 10 nitrogen and oxygen atoms in total. The minimum atomic E-state index is -2.74. The predicted octanol–water partition coefficient (Wildman–Crippen LogP) is 3.42. The summed E-state index contributed by atoms with van der Waals surface area (Å²) >= 11 is 0. The zero-order chi connectivity index (χ0) is 30.3. The number of amides is 1. The van der Waals surface area contributed by atoms with Crippen LogP contribution in [0.4, 0.5) is 24.7 Å². The van der Waals surface area contributed by atoms with E-state index in [-0.39, 0.29) is 31.5 Å². The van der Waals surface area contributed by atoms with Crippen LogP contribution >= 0.6 is 0 Å². The molecule has 6 rings (SSSR count). The Morgan fingerprint density at radius 1 is 1.16 bits per heavy atom. The average molecular weight is 599 g/mol. The highest BCUT2D eigenvalue weighted by atomic mass is 19.3. The van der Waals surface area contributed by atoms with E-state index in [0.717, 1.165) is 45.8 Å². The molecule has 13 heteroatoms. The van der Waals surface area contributed by atoms with Gasteiger partial charge < -0.3 is 19.4 Å². The largest absolute Gasteiger partial charge is 0.462 e. The van der Waals surface area contributed by atoms with E-state index in [4.69, 9.17) is 14.7 Å². The highest BCUT2D eigenvalue weighted by Gasteiger charge is 2.43. The fourth-order valence-electron chi connectivity index (χ4n) is 6.43. The van der Waals surface area contributed by atoms with E-state index in [2.05, 4.69) is 39.9 Å². The Bertz CT molecular complexity index is 1540. The van der Waals surface area contributed by atoms with Crippen LogP contribution in [0, 0.1) is 13.8 Å². The number of benzene rings is 1. The van der Waals surface area contributed by atoms with Crippen molar-refractivity contribution < 1.29 is 22.7 Å². The summed E-state index contributed by atoms with van der Waals surface area (Å²) in [5.74, 6) is -2.20. The molecule has 3 aromatic rings. The maximum Gasteiger partial charge on any atom is 0.318 e. The number of alkyl halides is 3. The number of likely N-dealkylation sites (tertiary alicyclic amines) is 1. The number of H-pyrrole nitrogens is 1. The number of fused-ring (bicyclic) bond motifs is 2. The minimum Gasteiger partial charge on any atom is -0.462 e. The Hall–Kier alpha value is -3.87. The second-order valence-corrected chi connectivity index (χ2v) is 11.7. The van der Waals surface area contributed by atoms with Crippen molar-refractivity contribution in [1.29, 1.82) is 0 Å². The first-order chi connectivity index (χ1) is 20.6. The average Bonchev–Trinajstić information content (AvgIpc) is 3.56. The first-order valence-corrected chi connectivity index (χ1v) is 14.7. The lowest BCUT2D eigenvalue weighted by Gasteiger charge is -2.38. The van der Waals surface area contributed by atoms with Gasteiger partial charge in [0.25, 0.3) is 5.92 Å². The highest BCUT2D eigenvalue weighted by Crippen LogP contribution is 2.37. The van der Waals surface area contributed by atoms with Gasteiger partial charge in [-0.2, -0.15) is 15.1 Å². The fraction of sp³-hybridized carbons (Fsp3) is 0.533. The van der Waals surface area contributed by atoms with Gasteiger partial charge in [-0.25, -0.2) is 13.2 Å². The summed E-state index contributed by atoms with van der Waals surface area (Å²) < 4.78 is 46.6. The van der Waals surface area contributed by atoms with Crippen LogP contribution in [0.15, 0.2) is 24.4 Å². The highest BCUT2D eigenvalue weighted by molar-refractivity contribution is 5.94. The van der Waals surface area contributed by atoms with Gasteiger partial charge >= 0.3 is 6.01 Å². The maximum atomic E-state index is 14.0. The zero-order valence-corrected chi connectivity index (χ0v) is 24.7. The Morgan fingerprint density at radius 3 is 2.67 bits per heavy atom. The SMILES string of the molecule is Cc1cc2[nH]ncc2c(N2CCc3c(nc(OCC4CC(F)(F)CN4C)nc3N3CCN(C(=O)/C=C/CF)CC3)C2)c1C. The fourth-order valence-corrected chi connectivity index (χ4v) is 6.43. The molecule has 1 atom stereocenters. The first kappa shape index (κ1) is 29.2. The molecule has 43 heavy (non-hydrogen) atoms. The molecule has 2 saturated heterocycles. The van der Waals surface area contributed by atoms with Crippen LogP contribution in [0.1, 0.15) is 28.8 Å². The lowest BCUT2D eigenvalue weighted by Crippen LogP contribution is -2.49. The number of carbonyl (C=O) groups excluding carboxylic acids is 1. The molecule has 3 aliphatic heterocycles. The van der Waals surface area contributed by atoms with Crippen LogP contribution in [-0.2, 0) is 17.8 Å². The topological polar surface area (TPSA) is 93.7 Å². The maximum absolute atomic E-state index is 14.0. The second-order valence-electron chi connectivity index (χ2n) is 11.7. The van der Waals surface area contributed by atoms with E-state index < -0.39 is 18.6 Å². The van der Waals surface area contributed by atoms with Crippen molar-refractivity contribution in [2.75, 3.05) is 69.4 Å². The molecule has 0 spiro atoms. The molecule has 0 saturated carbocycles. The van der Waals surface area contributed by atoms with Crippen LogP contribution < -0.4 is 14.5 Å². The van der Waals surface area contributed by atoms with Gasteiger partial charge in [0, 0.05) is 62.2 Å². The molecule has 0 bridgehead atoms. The Morgan fingerprint density at radius 2 is 1.95 bits per heavy atom. The molecular formula is C30H37F3N8O2. The Kier molecular flexibility index (Phi) is 7.92. The summed E-state index contributed by atoms with van der Waals surface area (Å²) in [7, 11) is 1.68. The van der Waals surface area contributed by atoms with E-state index in [9.17, 15) is 18.0 Å². The Balaban J connectivity index is 1.29. The van der Waals surface area contributed by atoms with Crippen LogP contribution in [0.3, 0.4) is 0 Å². The number of allylic oxidation sites excluding steroid dienone is 1. The number of piperazine rings is 1. The summed E-state index contributed by atoms with van der Waals surface area (Å²) in [4.78, 5) is 29.8. The normalized spacial score (nSPS) is 20.8. The standard InChI is InChI=1S/C30H37F3N8O2/c1-19-13-24-23(15-34-37-24)27(20(19)2)41-8-6-22-25(16-41)35-29(43-17-21-14-30(32,33)18-38(21)3)36-28(22)40-11-9-39(10-12-40)26(42)5-4-7-31/h4-5,13,15,21H,6-12,14,16-18H2,1-3H3,(H,34,37)/b5-4+. The third kappa shape index (κ3) is 5.86. The van der Waals surface area contributed by atoms with E-state index in [0.29, 0.717) is 39.1 Å². The summed E-state index contributed by atoms with van der Waals surface area (Å²) in [6, 6.07) is 1.83. The number of hydrogen-bond donors (Lipinski definition) is 1. The van der Waals surface area contributed by atoms with Gasteiger partial charge in [-0.05, 0) is 50.6 Å². The van der Waals surface area contributed by atoms with Gasteiger partial charge in [-0.15, -0.1) is 0 Å². The number of halogens is 3. The Labute approximate surface area is 248 Å². The number of nitrogens with one attached hydrogen (secondary N) is 1. The van der Waals surface area contributed by atoms with Crippen molar-refractivity contribution in [2.24, 2.45) is 0 Å². The molecular weight excluding hydrogens is 561 g/mol. The molecule has 1 aromatic carbocycles. The van der Waals surface area contributed by atoms with Gasteiger partial charge in [0.1, 0.15) is 19.1 Å². The summed E-state index contributed by atoms with van der Waals surface area (Å²) in [6.07, 6.45) is 4.78. The number of aryl methyl sites for hydroxylation is 1. The van der Waals surface area contributed by atoms with Gasteiger partial charge in [-0.1, -0.05) is 0 Å². The number of ether oxygens (including phenoxy) is 1. The molecule has 5 heterocycles. The molecule has 0 radical (unpaired) electrons. The molecule has 1 amide bonds. The first-order valence-electron chi connectivity index (χ1n) is 14.7. The van der Waals surface area contributed by atoms with Crippen molar-refractivity contribution in [3.63, 3.8) is 0 Å². The van der Waals surface area contributed by atoms with E-state index in [1.807, 2.05) is 6.20 Å². The predicted molar refractivity (Wildman–Crippen MR) is 158 cm³/mol. The zero-order valence-electron chi connectivity index (χ0n) is 24.7. The van der Waals surface area contributed by atoms with Crippen LogP contribution in [0.5, 0.6) is 6.01 Å². The number of aromatic nitrogens is 4. The quantitative estimate of drug-likeness (QED) is 0.414. The lowest BCUT2D eigenvalue weighted by atomic mass is 9.99. The number of aromatic amines is 1. The van der Waals surface area contributed by atoms with Crippen molar-refractivity contribution in [1.82, 2.24) is 30.0 Å². The van der Waals surface area contributed by atoms with E-state index >= 15 is 0 Å². The van der Waals surface area contributed by atoms with E-state index in [1.165, 1.54) is 17.7 Å².